The number of carbonyl (C=O) groups is 1. The Morgan fingerprint density at radius 1 is 1.29 bits per heavy atom. The Bertz CT molecular complexity index is 246. The van der Waals surface area contributed by atoms with Crippen molar-refractivity contribution in [3.05, 3.63) is 0 Å². The van der Waals surface area contributed by atoms with Crippen LogP contribution in [-0.4, -0.2) is 40.6 Å². The van der Waals surface area contributed by atoms with Crippen molar-refractivity contribution in [3.63, 3.8) is 0 Å². The van der Waals surface area contributed by atoms with Crippen LogP contribution < -0.4 is 5.73 Å². The molecule has 1 aliphatic heterocycles. The van der Waals surface area contributed by atoms with Gasteiger partial charge in [-0.2, -0.15) is 0 Å². The van der Waals surface area contributed by atoms with Gasteiger partial charge >= 0.3 is 5.97 Å². The molecule has 0 aromatic carbocycles. The smallest absolute Gasteiger partial charge is 0.323 e. The summed E-state index contributed by atoms with van der Waals surface area (Å²) >= 11 is 0. The number of rotatable bonds is 4. The number of nitrogens with two attached hydrogens (primary N) is 1. The molecule has 0 radical (unpaired) electrons. The van der Waals surface area contributed by atoms with Crippen molar-refractivity contribution in [2.24, 2.45) is 5.73 Å². The highest BCUT2D eigenvalue weighted by molar-refractivity contribution is 5.77. The zero-order chi connectivity index (χ0) is 12.9. The molecule has 0 aromatic heterocycles. The van der Waals surface area contributed by atoms with Crippen LogP contribution >= 0.6 is 0 Å². The Kier molecular flexibility index (Phi) is 5.40. The first-order valence-electron chi connectivity index (χ1n) is 6.70. The zero-order valence-corrected chi connectivity index (χ0v) is 11.1. The largest absolute Gasteiger partial charge is 0.480 e. The number of hydrogen-bond acceptors (Lipinski definition) is 3. The first-order chi connectivity index (χ1) is 7.93. The summed E-state index contributed by atoms with van der Waals surface area (Å²) in [6.07, 6.45) is 6.88. The lowest BCUT2D eigenvalue weighted by molar-refractivity contribution is -0.143. The van der Waals surface area contributed by atoms with Gasteiger partial charge in [-0.25, -0.2) is 0 Å². The fourth-order valence-corrected chi connectivity index (χ4v) is 2.54. The molecular formula is C13H26N2O2. The molecule has 1 rings (SSSR count). The van der Waals surface area contributed by atoms with E-state index in [0.29, 0.717) is 6.42 Å². The van der Waals surface area contributed by atoms with Crippen LogP contribution in [0.4, 0.5) is 0 Å². The standard InChI is InChI=1S/C13H26N2O2/c1-11(10-13(2,14)12(16)17)15-8-6-4-3-5-7-9-15/h11H,3-10,14H2,1-2H3,(H,16,17). The summed E-state index contributed by atoms with van der Waals surface area (Å²) < 4.78 is 0. The summed E-state index contributed by atoms with van der Waals surface area (Å²) in [5.41, 5.74) is 4.70. The maximum Gasteiger partial charge on any atom is 0.323 e. The predicted molar refractivity (Wildman–Crippen MR) is 69.0 cm³/mol. The summed E-state index contributed by atoms with van der Waals surface area (Å²) in [5, 5.41) is 9.05. The normalized spacial score (nSPS) is 24.4. The fraction of sp³-hybridized carbons (Fsp3) is 0.923. The molecule has 100 valence electrons. The third-order valence-electron chi connectivity index (χ3n) is 3.72. The summed E-state index contributed by atoms with van der Waals surface area (Å²) in [4.78, 5) is 13.4. The van der Waals surface area contributed by atoms with Gasteiger partial charge in [-0.3, -0.25) is 4.79 Å². The van der Waals surface area contributed by atoms with Gasteiger partial charge in [0.15, 0.2) is 0 Å². The Labute approximate surface area is 104 Å². The minimum atomic E-state index is -1.11. The summed E-state index contributed by atoms with van der Waals surface area (Å²) in [6.45, 7) is 5.86. The number of hydrogen-bond donors (Lipinski definition) is 2. The third kappa shape index (κ3) is 4.64. The van der Waals surface area contributed by atoms with Crippen molar-refractivity contribution in [3.8, 4) is 0 Å². The van der Waals surface area contributed by atoms with Crippen molar-refractivity contribution >= 4 is 5.97 Å². The van der Waals surface area contributed by atoms with Crippen molar-refractivity contribution in [1.82, 2.24) is 4.90 Å². The average Bonchev–Trinajstić information content (AvgIpc) is 2.15. The number of nitrogens with zero attached hydrogens (tertiary/aromatic N) is 1. The van der Waals surface area contributed by atoms with Crippen LogP contribution in [0.2, 0.25) is 0 Å². The van der Waals surface area contributed by atoms with Gasteiger partial charge < -0.3 is 15.7 Å². The molecule has 4 heteroatoms. The second-order valence-electron chi connectivity index (χ2n) is 5.58. The molecule has 0 bridgehead atoms. The topological polar surface area (TPSA) is 66.6 Å². The predicted octanol–water partition coefficient (Wildman–Crippen LogP) is 1.83. The van der Waals surface area contributed by atoms with E-state index in [1.165, 1.54) is 32.1 Å². The maximum absolute atomic E-state index is 11.0. The van der Waals surface area contributed by atoms with Gasteiger partial charge in [-0.1, -0.05) is 19.3 Å². The van der Waals surface area contributed by atoms with Crippen molar-refractivity contribution in [2.45, 2.75) is 64.0 Å². The van der Waals surface area contributed by atoms with Gasteiger partial charge in [0.05, 0.1) is 0 Å². The van der Waals surface area contributed by atoms with E-state index in [-0.39, 0.29) is 6.04 Å². The van der Waals surface area contributed by atoms with Crippen LogP contribution in [0, 0.1) is 0 Å². The Hall–Kier alpha value is -0.610. The summed E-state index contributed by atoms with van der Waals surface area (Å²) in [7, 11) is 0. The van der Waals surface area contributed by atoms with Crippen LogP contribution in [0.1, 0.15) is 52.4 Å². The van der Waals surface area contributed by atoms with E-state index in [0.717, 1.165) is 13.1 Å². The van der Waals surface area contributed by atoms with E-state index >= 15 is 0 Å². The van der Waals surface area contributed by atoms with E-state index in [9.17, 15) is 4.79 Å². The van der Waals surface area contributed by atoms with Gasteiger partial charge in [0.25, 0.3) is 0 Å². The molecule has 2 atom stereocenters. The van der Waals surface area contributed by atoms with Crippen LogP contribution in [0.3, 0.4) is 0 Å². The lowest BCUT2D eigenvalue weighted by atomic mass is 9.93. The molecule has 17 heavy (non-hydrogen) atoms. The highest BCUT2D eigenvalue weighted by atomic mass is 16.4. The Morgan fingerprint density at radius 2 is 1.76 bits per heavy atom. The molecule has 1 heterocycles. The monoisotopic (exact) mass is 242 g/mol. The van der Waals surface area contributed by atoms with Crippen LogP contribution in [0.15, 0.2) is 0 Å². The minimum Gasteiger partial charge on any atom is -0.480 e. The number of carboxylic acids is 1. The molecule has 1 aliphatic rings. The van der Waals surface area contributed by atoms with Crippen LogP contribution in [0.5, 0.6) is 0 Å². The molecule has 0 aliphatic carbocycles. The second kappa shape index (κ2) is 6.36. The first kappa shape index (κ1) is 14.5. The third-order valence-corrected chi connectivity index (χ3v) is 3.72. The van der Waals surface area contributed by atoms with Crippen LogP contribution in [-0.2, 0) is 4.79 Å². The van der Waals surface area contributed by atoms with Gasteiger partial charge in [-0.15, -0.1) is 0 Å². The lowest BCUT2D eigenvalue weighted by Gasteiger charge is -2.34. The zero-order valence-electron chi connectivity index (χ0n) is 11.1. The maximum atomic E-state index is 11.0. The Balaban J connectivity index is 2.49. The van der Waals surface area contributed by atoms with Gasteiger partial charge in [0.1, 0.15) is 5.54 Å². The number of aliphatic carboxylic acids is 1. The number of carboxylic acid groups (broad SMARTS) is 1. The van der Waals surface area contributed by atoms with E-state index in [1.54, 1.807) is 6.92 Å². The number of likely N-dealkylation sites (tertiary alicyclic amines) is 1. The lowest BCUT2D eigenvalue weighted by Crippen LogP contribution is -2.50. The van der Waals surface area contributed by atoms with Crippen molar-refractivity contribution in [2.75, 3.05) is 13.1 Å². The SMILES string of the molecule is CC(CC(C)(N)C(=O)O)N1CCCCCCC1. The molecule has 3 N–H and O–H groups in total. The fourth-order valence-electron chi connectivity index (χ4n) is 2.54. The van der Waals surface area contributed by atoms with Crippen molar-refractivity contribution < 1.29 is 9.90 Å². The molecule has 0 amide bonds. The average molecular weight is 242 g/mol. The van der Waals surface area contributed by atoms with Gasteiger partial charge in [-0.05, 0) is 46.2 Å². The molecule has 0 saturated carbocycles. The van der Waals surface area contributed by atoms with Crippen LogP contribution in [0.25, 0.3) is 0 Å². The second-order valence-corrected chi connectivity index (χ2v) is 5.58. The van der Waals surface area contributed by atoms with E-state index < -0.39 is 11.5 Å². The molecule has 1 fully saturated rings. The summed E-state index contributed by atoms with van der Waals surface area (Å²) in [6, 6.07) is 0.249. The van der Waals surface area contributed by atoms with E-state index in [4.69, 9.17) is 10.8 Å². The van der Waals surface area contributed by atoms with Gasteiger partial charge in [0.2, 0.25) is 0 Å². The van der Waals surface area contributed by atoms with Crippen molar-refractivity contribution in [1.29, 1.82) is 0 Å². The van der Waals surface area contributed by atoms with E-state index in [2.05, 4.69) is 11.8 Å². The molecule has 1 saturated heterocycles. The molecular weight excluding hydrogens is 216 g/mol. The molecule has 4 nitrogen and oxygen atoms in total. The summed E-state index contributed by atoms with van der Waals surface area (Å²) in [5.74, 6) is -0.906. The highest BCUT2D eigenvalue weighted by Gasteiger charge is 2.31. The Morgan fingerprint density at radius 3 is 2.24 bits per heavy atom. The highest BCUT2D eigenvalue weighted by Crippen LogP contribution is 2.18. The quantitative estimate of drug-likeness (QED) is 0.789. The molecule has 2 unspecified atom stereocenters. The van der Waals surface area contributed by atoms with Gasteiger partial charge in [0, 0.05) is 6.04 Å². The minimum absolute atomic E-state index is 0.249. The molecule has 0 aromatic rings. The van der Waals surface area contributed by atoms with E-state index in [1.807, 2.05) is 0 Å². The first-order valence-corrected chi connectivity index (χ1v) is 6.70. The molecule has 0 spiro atoms.